The number of likely N-dealkylation sites (tertiary alicyclic amines) is 1. The van der Waals surface area contributed by atoms with Gasteiger partial charge in [0.2, 0.25) is 11.7 Å². The fourth-order valence-electron chi connectivity index (χ4n) is 4.01. The van der Waals surface area contributed by atoms with Crippen LogP contribution in [0.15, 0.2) is 21.3 Å². The molecular weight excluding hydrogens is 314 g/mol. The number of aliphatic carboxylic acids is 1. The Kier molecular flexibility index (Phi) is 3.90. The third kappa shape index (κ3) is 2.79. The van der Waals surface area contributed by atoms with Gasteiger partial charge in [0.25, 0.3) is 0 Å². The molecule has 0 spiro atoms. The smallest absolute Gasteiger partial charge is 0.320 e. The molecule has 122 valence electrons. The van der Waals surface area contributed by atoms with Gasteiger partial charge in [-0.15, -0.1) is 0 Å². The van der Waals surface area contributed by atoms with Crippen molar-refractivity contribution >= 4 is 17.3 Å². The van der Waals surface area contributed by atoms with Crippen LogP contribution in [0.5, 0.6) is 0 Å². The molecule has 2 aliphatic rings. The molecule has 7 heteroatoms. The Morgan fingerprint density at radius 3 is 3.09 bits per heavy atom. The topological polar surface area (TPSA) is 79.5 Å². The van der Waals surface area contributed by atoms with Gasteiger partial charge in [-0.1, -0.05) is 18.0 Å². The number of hydrogen-bond acceptors (Lipinski definition) is 6. The molecule has 2 fully saturated rings. The van der Waals surface area contributed by atoms with Crippen molar-refractivity contribution in [1.82, 2.24) is 15.0 Å². The molecule has 0 radical (unpaired) electrons. The van der Waals surface area contributed by atoms with Gasteiger partial charge >= 0.3 is 5.97 Å². The van der Waals surface area contributed by atoms with Crippen LogP contribution in [0.25, 0.3) is 11.4 Å². The molecule has 2 aromatic heterocycles. The number of hydrogen-bond donors (Lipinski definition) is 1. The largest absolute Gasteiger partial charge is 0.480 e. The molecule has 1 N–H and O–H groups in total. The molecule has 0 bridgehead atoms. The van der Waals surface area contributed by atoms with Gasteiger partial charge < -0.3 is 9.63 Å². The van der Waals surface area contributed by atoms with E-state index >= 15 is 0 Å². The summed E-state index contributed by atoms with van der Waals surface area (Å²) in [4.78, 5) is 18.1. The lowest BCUT2D eigenvalue weighted by Crippen LogP contribution is -2.41. The van der Waals surface area contributed by atoms with E-state index in [4.69, 9.17) is 4.52 Å². The average molecular weight is 333 g/mol. The van der Waals surface area contributed by atoms with E-state index < -0.39 is 12.0 Å². The lowest BCUT2D eigenvalue weighted by atomic mass is 9.85. The van der Waals surface area contributed by atoms with Crippen LogP contribution < -0.4 is 0 Å². The molecule has 1 saturated heterocycles. The second-order valence-electron chi connectivity index (χ2n) is 6.40. The van der Waals surface area contributed by atoms with Gasteiger partial charge in [-0.2, -0.15) is 16.3 Å². The first-order chi connectivity index (χ1) is 11.2. The van der Waals surface area contributed by atoms with E-state index in [9.17, 15) is 9.90 Å². The van der Waals surface area contributed by atoms with Crippen molar-refractivity contribution in [3.05, 3.63) is 22.7 Å². The molecule has 4 rings (SSSR count). The summed E-state index contributed by atoms with van der Waals surface area (Å²) in [5.41, 5.74) is 0.941. The van der Waals surface area contributed by atoms with E-state index in [1.807, 2.05) is 16.8 Å². The van der Waals surface area contributed by atoms with Crippen molar-refractivity contribution < 1.29 is 14.4 Å². The number of fused-ring (bicyclic) bond motifs is 1. The maximum absolute atomic E-state index is 11.6. The summed E-state index contributed by atoms with van der Waals surface area (Å²) >= 11 is 1.59. The standard InChI is InChI=1S/C16H19N3O3S/c20-16(21)13-7-10-3-1-2-4-12(10)19(13)8-14-17-15(18-22-14)11-5-6-23-9-11/h5-6,9-10,12-13H,1-4,7-8H2,(H,20,21). The number of carbonyl (C=O) groups is 1. The summed E-state index contributed by atoms with van der Waals surface area (Å²) in [5, 5.41) is 17.5. The predicted molar refractivity (Wildman–Crippen MR) is 84.9 cm³/mol. The fourth-order valence-corrected chi connectivity index (χ4v) is 4.64. The molecule has 3 unspecified atom stereocenters. The lowest BCUT2D eigenvalue weighted by Gasteiger charge is -2.31. The van der Waals surface area contributed by atoms with Gasteiger partial charge in [-0.05, 0) is 36.6 Å². The van der Waals surface area contributed by atoms with Crippen molar-refractivity contribution in [2.45, 2.75) is 50.7 Å². The summed E-state index contributed by atoms with van der Waals surface area (Å²) in [5.74, 6) is 0.831. The van der Waals surface area contributed by atoms with E-state index in [-0.39, 0.29) is 0 Å². The Labute approximate surface area is 138 Å². The van der Waals surface area contributed by atoms with E-state index in [1.54, 1.807) is 11.3 Å². The van der Waals surface area contributed by atoms with E-state index in [0.29, 0.717) is 30.2 Å². The predicted octanol–water partition coefficient (Wildman–Crippen LogP) is 3.02. The van der Waals surface area contributed by atoms with Crippen molar-refractivity contribution in [3.63, 3.8) is 0 Å². The van der Waals surface area contributed by atoms with Gasteiger partial charge in [-0.3, -0.25) is 9.69 Å². The Morgan fingerprint density at radius 1 is 1.43 bits per heavy atom. The van der Waals surface area contributed by atoms with Crippen LogP contribution in [0.2, 0.25) is 0 Å². The molecule has 2 aromatic rings. The molecular formula is C16H19N3O3S. The number of carboxylic acids is 1. The number of nitrogens with zero attached hydrogens (tertiary/aromatic N) is 3. The second-order valence-corrected chi connectivity index (χ2v) is 7.18. The van der Waals surface area contributed by atoms with Crippen LogP contribution in [-0.4, -0.2) is 38.2 Å². The van der Waals surface area contributed by atoms with Crippen LogP contribution in [0.4, 0.5) is 0 Å². The monoisotopic (exact) mass is 333 g/mol. The Morgan fingerprint density at radius 2 is 2.30 bits per heavy atom. The zero-order valence-electron chi connectivity index (χ0n) is 12.7. The second kappa shape index (κ2) is 6.05. The van der Waals surface area contributed by atoms with E-state index in [1.165, 1.54) is 12.8 Å². The highest BCUT2D eigenvalue weighted by molar-refractivity contribution is 7.08. The minimum absolute atomic E-state index is 0.335. The summed E-state index contributed by atoms with van der Waals surface area (Å²) in [6.07, 6.45) is 5.33. The van der Waals surface area contributed by atoms with Crippen LogP contribution in [0.3, 0.4) is 0 Å². The molecule has 6 nitrogen and oxygen atoms in total. The summed E-state index contributed by atoms with van der Waals surface area (Å²) < 4.78 is 5.37. The van der Waals surface area contributed by atoms with Gasteiger partial charge in [-0.25, -0.2) is 0 Å². The number of rotatable bonds is 4. The molecule has 1 aliphatic carbocycles. The normalized spacial score (nSPS) is 27.9. The van der Waals surface area contributed by atoms with Crippen LogP contribution in [-0.2, 0) is 11.3 Å². The summed E-state index contributed by atoms with van der Waals surface area (Å²) in [6.45, 7) is 0.426. The van der Waals surface area contributed by atoms with E-state index in [2.05, 4.69) is 15.0 Å². The lowest BCUT2D eigenvalue weighted by molar-refractivity contribution is -0.143. The zero-order valence-corrected chi connectivity index (χ0v) is 13.5. The average Bonchev–Trinajstić information content (AvgIpc) is 3.26. The highest BCUT2D eigenvalue weighted by Gasteiger charge is 2.45. The maximum Gasteiger partial charge on any atom is 0.320 e. The van der Waals surface area contributed by atoms with Crippen molar-refractivity contribution in [3.8, 4) is 11.4 Å². The minimum Gasteiger partial charge on any atom is -0.480 e. The quantitative estimate of drug-likeness (QED) is 0.926. The fraction of sp³-hybridized carbons (Fsp3) is 0.562. The Hall–Kier alpha value is -1.73. The van der Waals surface area contributed by atoms with Crippen molar-refractivity contribution in [2.24, 2.45) is 5.92 Å². The first kappa shape index (κ1) is 14.8. The summed E-state index contributed by atoms with van der Waals surface area (Å²) in [7, 11) is 0. The number of aromatic nitrogens is 2. The van der Waals surface area contributed by atoms with Gasteiger partial charge in [0, 0.05) is 17.0 Å². The van der Waals surface area contributed by atoms with Crippen molar-refractivity contribution in [2.75, 3.05) is 0 Å². The molecule has 23 heavy (non-hydrogen) atoms. The first-order valence-electron chi connectivity index (χ1n) is 8.06. The molecule has 0 amide bonds. The SMILES string of the molecule is O=C(O)C1CC2CCCCC2N1Cc1nc(-c2ccsc2)no1. The molecule has 3 atom stereocenters. The first-order valence-corrected chi connectivity index (χ1v) is 9.00. The molecule has 0 aromatic carbocycles. The highest BCUT2D eigenvalue weighted by Crippen LogP contribution is 2.40. The zero-order chi connectivity index (χ0) is 15.8. The number of carboxylic acid groups (broad SMARTS) is 1. The minimum atomic E-state index is -0.739. The number of thiophene rings is 1. The van der Waals surface area contributed by atoms with E-state index in [0.717, 1.165) is 24.8 Å². The molecule has 3 heterocycles. The Balaban J connectivity index is 1.55. The van der Waals surface area contributed by atoms with Crippen LogP contribution in [0, 0.1) is 5.92 Å². The van der Waals surface area contributed by atoms with Crippen LogP contribution in [0.1, 0.15) is 38.0 Å². The van der Waals surface area contributed by atoms with Gasteiger partial charge in [0.15, 0.2) is 0 Å². The third-order valence-corrected chi connectivity index (χ3v) is 5.75. The van der Waals surface area contributed by atoms with Crippen LogP contribution >= 0.6 is 11.3 Å². The third-order valence-electron chi connectivity index (χ3n) is 5.07. The maximum atomic E-state index is 11.6. The van der Waals surface area contributed by atoms with Crippen molar-refractivity contribution in [1.29, 1.82) is 0 Å². The Bertz CT molecular complexity index is 685. The van der Waals surface area contributed by atoms with Gasteiger partial charge in [0.1, 0.15) is 6.04 Å². The molecule has 1 aliphatic heterocycles. The molecule has 1 saturated carbocycles. The highest BCUT2D eigenvalue weighted by atomic mass is 32.1. The van der Waals surface area contributed by atoms with Gasteiger partial charge in [0.05, 0.1) is 6.54 Å². The summed E-state index contributed by atoms with van der Waals surface area (Å²) in [6, 6.07) is 1.85.